The zero-order valence-electron chi connectivity index (χ0n) is 9.13. The Morgan fingerprint density at radius 1 is 1.31 bits per heavy atom. The normalized spacial score (nSPS) is 24.0. The summed E-state index contributed by atoms with van der Waals surface area (Å²) in [5.41, 5.74) is 1.21. The van der Waals surface area contributed by atoms with Crippen molar-refractivity contribution < 1.29 is 4.74 Å². The van der Waals surface area contributed by atoms with Crippen LogP contribution in [0.25, 0.3) is 0 Å². The largest absolute Gasteiger partial charge is 0.371 e. The minimum Gasteiger partial charge on any atom is -0.371 e. The van der Waals surface area contributed by atoms with Gasteiger partial charge in [-0.1, -0.05) is 30.3 Å². The van der Waals surface area contributed by atoms with Crippen LogP contribution in [0.3, 0.4) is 0 Å². The highest BCUT2D eigenvalue weighted by atomic mass is 32.1. The summed E-state index contributed by atoms with van der Waals surface area (Å²) in [5, 5.41) is 2.47. The lowest BCUT2D eigenvalue weighted by molar-refractivity contribution is 0.0364. The molecule has 1 fully saturated rings. The van der Waals surface area contributed by atoms with E-state index in [-0.39, 0.29) is 12.1 Å². The maximum atomic E-state index is 5.87. The molecule has 0 saturated heterocycles. The third kappa shape index (κ3) is 2.99. The second-order valence-electron chi connectivity index (χ2n) is 4.05. The van der Waals surface area contributed by atoms with Crippen LogP contribution in [0.2, 0.25) is 0 Å². The van der Waals surface area contributed by atoms with Crippen molar-refractivity contribution in [1.29, 1.82) is 0 Å². The van der Waals surface area contributed by atoms with E-state index in [2.05, 4.69) is 34.5 Å². The van der Waals surface area contributed by atoms with E-state index in [4.69, 9.17) is 4.74 Å². The van der Waals surface area contributed by atoms with Gasteiger partial charge in [0.1, 0.15) is 0 Å². The predicted octanol–water partition coefficient (Wildman–Crippen LogP) is 3.23. The minimum absolute atomic E-state index is 0.218. The molecule has 2 unspecified atom stereocenters. The number of aliphatic imine (C=N–C) groups is 1. The molecule has 1 aliphatic rings. The van der Waals surface area contributed by atoms with Crippen molar-refractivity contribution >= 4 is 17.4 Å². The van der Waals surface area contributed by atoms with Crippen LogP contribution in [0, 0.1) is 0 Å². The summed E-state index contributed by atoms with van der Waals surface area (Å²) < 4.78 is 5.87. The van der Waals surface area contributed by atoms with E-state index in [0.29, 0.717) is 6.61 Å². The van der Waals surface area contributed by atoms with Gasteiger partial charge in [0.2, 0.25) is 0 Å². The van der Waals surface area contributed by atoms with Crippen molar-refractivity contribution in [1.82, 2.24) is 0 Å². The second kappa shape index (κ2) is 5.90. The Bertz CT molecular complexity index is 373. The van der Waals surface area contributed by atoms with Gasteiger partial charge in [-0.3, -0.25) is 0 Å². The standard InChI is InChI=1S/C13H15NOS/c16-10-14-12-7-4-8-13(12)15-9-11-5-2-1-3-6-11/h1-3,5-6,12-13H,4,7-9H2. The van der Waals surface area contributed by atoms with Crippen LogP contribution in [0.4, 0.5) is 0 Å². The number of rotatable bonds is 4. The summed E-state index contributed by atoms with van der Waals surface area (Å²) in [4.78, 5) is 4.16. The summed E-state index contributed by atoms with van der Waals surface area (Å²) in [5.74, 6) is 0. The number of isothiocyanates is 1. The topological polar surface area (TPSA) is 21.6 Å². The zero-order valence-corrected chi connectivity index (χ0v) is 9.95. The highest BCUT2D eigenvalue weighted by Crippen LogP contribution is 2.25. The molecule has 1 saturated carbocycles. The van der Waals surface area contributed by atoms with Gasteiger partial charge in [-0.05, 0) is 37.0 Å². The average Bonchev–Trinajstić information content (AvgIpc) is 2.76. The molecular formula is C13H15NOS. The fourth-order valence-corrected chi connectivity index (χ4v) is 2.23. The van der Waals surface area contributed by atoms with E-state index >= 15 is 0 Å². The molecule has 1 aliphatic carbocycles. The predicted molar refractivity (Wildman–Crippen MR) is 67.7 cm³/mol. The number of benzene rings is 1. The van der Waals surface area contributed by atoms with Crippen molar-refractivity contribution in [2.75, 3.05) is 0 Å². The fourth-order valence-electron chi connectivity index (χ4n) is 2.09. The molecule has 84 valence electrons. The maximum absolute atomic E-state index is 5.87. The van der Waals surface area contributed by atoms with Crippen LogP contribution >= 0.6 is 12.2 Å². The molecule has 0 amide bonds. The Balaban J connectivity index is 1.88. The Hall–Kier alpha value is -1.02. The lowest BCUT2D eigenvalue weighted by Crippen LogP contribution is -2.21. The van der Waals surface area contributed by atoms with Gasteiger partial charge in [-0.25, -0.2) is 4.99 Å². The molecule has 1 aromatic rings. The van der Waals surface area contributed by atoms with Crippen molar-refractivity contribution in [2.24, 2.45) is 4.99 Å². The molecule has 2 nitrogen and oxygen atoms in total. The number of hydrogen-bond acceptors (Lipinski definition) is 3. The first-order chi connectivity index (χ1) is 7.90. The molecule has 2 atom stereocenters. The van der Waals surface area contributed by atoms with Crippen molar-refractivity contribution in [3.05, 3.63) is 35.9 Å². The Morgan fingerprint density at radius 2 is 2.12 bits per heavy atom. The minimum atomic E-state index is 0.218. The summed E-state index contributed by atoms with van der Waals surface area (Å²) in [6, 6.07) is 10.4. The van der Waals surface area contributed by atoms with Crippen molar-refractivity contribution in [3.8, 4) is 0 Å². The first-order valence-corrected chi connectivity index (χ1v) is 6.03. The molecule has 0 aliphatic heterocycles. The van der Waals surface area contributed by atoms with Gasteiger partial charge in [-0.15, -0.1) is 0 Å². The van der Waals surface area contributed by atoms with Crippen LogP contribution in [-0.4, -0.2) is 17.3 Å². The molecule has 0 aromatic heterocycles. The summed E-state index contributed by atoms with van der Waals surface area (Å²) in [6.45, 7) is 0.662. The van der Waals surface area contributed by atoms with Crippen molar-refractivity contribution in [2.45, 2.75) is 38.0 Å². The van der Waals surface area contributed by atoms with Gasteiger partial charge < -0.3 is 4.74 Å². The van der Waals surface area contributed by atoms with E-state index in [9.17, 15) is 0 Å². The van der Waals surface area contributed by atoms with Gasteiger partial charge >= 0.3 is 0 Å². The van der Waals surface area contributed by atoms with Crippen LogP contribution in [0.15, 0.2) is 35.3 Å². The first-order valence-electron chi connectivity index (χ1n) is 5.62. The van der Waals surface area contributed by atoms with Gasteiger partial charge in [-0.2, -0.15) is 0 Å². The van der Waals surface area contributed by atoms with Gasteiger partial charge in [0.25, 0.3) is 0 Å². The van der Waals surface area contributed by atoms with Crippen LogP contribution in [0.5, 0.6) is 0 Å². The second-order valence-corrected chi connectivity index (χ2v) is 4.24. The van der Waals surface area contributed by atoms with Gasteiger partial charge in [0.05, 0.1) is 23.9 Å². The fraction of sp³-hybridized carbons (Fsp3) is 0.462. The van der Waals surface area contributed by atoms with E-state index in [1.807, 2.05) is 18.2 Å². The number of thiocarbonyl (C=S) groups is 1. The number of ether oxygens (including phenoxy) is 1. The van der Waals surface area contributed by atoms with Gasteiger partial charge in [0.15, 0.2) is 0 Å². The molecule has 0 bridgehead atoms. The van der Waals surface area contributed by atoms with E-state index < -0.39 is 0 Å². The Kier molecular flexibility index (Phi) is 4.23. The summed E-state index contributed by atoms with van der Waals surface area (Å²) in [7, 11) is 0. The van der Waals surface area contributed by atoms with E-state index in [0.717, 1.165) is 12.8 Å². The SMILES string of the molecule is S=C=NC1CCCC1OCc1ccccc1. The number of hydrogen-bond donors (Lipinski definition) is 0. The highest BCUT2D eigenvalue weighted by molar-refractivity contribution is 7.78. The Labute approximate surface area is 101 Å². The first kappa shape index (κ1) is 11.5. The third-order valence-electron chi connectivity index (χ3n) is 2.94. The molecule has 0 spiro atoms. The Morgan fingerprint density at radius 3 is 2.88 bits per heavy atom. The third-order valence-corrected chi connectivity index (χ3v) is 3.05. The lowest BCUT2D eigenvalue weighted by Gasteiger charge is -2.15. The van der Waals surface area contributed by atoms with Gasteiger partial charge in [0, 0.05) is 0 Å². The molecular weight excluding hydrogens is 218 g/mol. The highest BCUT2D eigenvalue weighted by Gasteiger charge is 2.27. The molecule has 3 heteroatoms. The molecule has 0 N–H and O–H groups in total. The van der Waals surface area contributed by atoms with Crippen LogP contribution in [-0.2, 0) is 11.3 Å². The quantitative estimate of drug-likeness (QED) is 0.588. The maximum Gasteiger partial charge on any atom is 0.0864 e. The van der Waals surface area contributed by atoms with E-state index in [1.54, 1.807) is 0 Å². The van der Waals surface area contributed by atoms with Crippen LogP contribution < -0.4 is 0 Å². The number of nitrogens with zero attached hydrogens (tertiary/aromatic N) is 1. The summed E-state index contributed by atoms with van der Waals surface area (Å²) >= 11 is 4.65. The van der Waals surface area contributed by atoms with Crippen molar-refractivity contribution in [3.63, 3.8) is 0 Å². The van der Waals surface area contributed by atoms with Crippen LogP contribution in [0.1, 0.15) is 24.8 Å². The molecule has 0 radical (unpaired) electrons. The smallest absolute Gasteiger partial charge is 0.0864 e. The summed E-state index contributed by atoms with van der Waals surface area (Å²) in [6.07, 6.45) is 3.54. The van der Waals surface area contributed by atoms with E-state index in [1.165, 1.54) is 12.0 Å². The molecule has 16 heavy (non-hydrogen) atoms. The molecule has 1 aromatic carbocycles. The molecule has 2 rings (SSSR count). The molecule has 0 heterocycles. The monoisotopic (exact) mass is 233 g/mol. The average molecular weight is 233 g/mol. The zero-order chi connectivity index (χ0) is 11.2. The lowest BCUT2D eigenvalue weighted by atomic mass is 10.2.